The van der Waals surface area contributed by atoms with Gasteiger partial charge in [0.25, 0.3) is 5.91 Å². The Morgan fingerprint density at radius 2 is 2.15 bits per heavy atom. The average Bonchev–Trinajstić information content (AvgIpc) is 2.44. The summed E-state index contributed by atoms with van der Waals surface area (Å²) in [5.41, 5.74) is 0.00915. The average molecular weight is 281 g/mol. The van der Waals surface area contributed by atoms with Crippen LogP contribution in [0.5, 0.6) is 0 Å². The molecule has 20 heavy (non-hydrogen) atoms. The highest BCUT2D eigenvalue weighted by atomic mass is 16.5. The molecule has 1 heterocycles. The van der Waals surface area contributed by atoms with E-state index in [1.54, 1.807) is 6.92 Å². The summed E-state index contributed by atoms with van der Waals surface area (Å²) >= 11 is 0. The van der Waals surface area contributed by atoms with E-state index in [1.807, 2.05) is 0 Å². The Labute approximate surface area is 115 Å². The number of carbonyl (C=O) groups excluding carboxylic acids is 2. The minimum absolute atomic E-state index is 0.00915. The van der Waals surface area contributed by atoms with Crippen LogP contribution in [-0.2, 0) is 14.3 Å². The number of rotatable bonds is 7. The van der Waals surface area contributed by atoms with E-state index < -0.39 is 23.9 Å². The van der Waals surface area contributed by atoms with Crippen LogP contribution in [0.25, 0.3) is 0 Å². The van der Waals surface area contributed by atoms with Crippen molar-refractivity contribution in [2.75, 3.05) is 6.61 Å². The molecule has 0 fully saturated rings. The number of carboxylic acid groups (broad SMARTS) is 1. The van der Waals surface area contributed by atoms with Crippen LogP contribution in [0, 0.1) is 0 Å². The first-order chi connectivity index (χ1) is 9.54. The summed E-state index contributed by atoms with van der Waals surface area (Å²) in [5, 5.41) is 11.3. The van der Waals surface area contributed by atoms with Crippen molar-refractivity contribution < 1.29 is 24.2 Å². The number of nitrogens with zero attached hydrogens (tertiary/aromatic N) is 2. The van der Waals surface area contributed by atoms with Gasteiger partial charge in [0.15, 0.2) is 0 Å². The van der Waals surface area contributed by atoms with Gasteiger partial charge < -0.3 is 15.2 Å². The summed E-state index contributed by atoms with van der Waals surface area (Å²) in [7, 11) is 0. The molecule has 0 unspecified atom stereocenters. The fourth-order valence-corrected chi connectivity index (χ4v) is 1.40. The lowest BCUT2D eigenvalue weighted by atomic mass is 10.1. The molecule has 1 rings (SSSR count). The maximum atomic E-state index is 11.7. The van der Waals surface area contributed by atoms with Gasteiger partial charge in [-0.05, 0) is 13.3 Å². The maximum Gasteiger partial charge on any atom is 0.326 e. The normalized spacial score (nSPS) is 11.4. The Morgan fingerprint density at radius 3 is 2.70 bits per heavy atom. The molecule has 0 saturated carbocycles. The fourth-order valence-electron chi connectivity index (χ4n) is 1.40. The van der Waals surface area contributed by atoms with Crippen molar-refractivity contribution in [3.8, 4) is 0 Å². The first kappa shape index (κ1) is 15.5. The zero-order chi connectivity index (χ0) is 15.0. The van der Waals surface area contributed by atoms with Gasteiger partial charge in [-0.3, -0.25) is 14.6 Å². The van der Waals surface area contributed by atoms with Gasteiger partial charge in [-0.1, -0.05) is 0 Å². The van der Waals surface area contributed by atoms with E-state index in [1.165, 1.54) is 18.6 Å². The Kier molecular flexibility index (Phi) is 6.08. The third kappa shape index (κ3) is 5.01. The summed E-state index contributed by atoms with van der Waals surface area (Å²) in [6, 6.07) is -1.19. The van der Waals surface area contributed by atoms with Crippen LogP contribution in [0.1, 0.15) is 30.3 Å². The van der Waals surface area contributed by atoms with E-state index in [9.17, 15) is 14.4 Å². The minimum atomic E-state index is -1.23. The van der Waals surface area contributed by atoms with E-state index in [-0.39, 0.29) is 25.1 Å². The number of carboxylic acids is 1. The second-order valence-electron chi connectivity index (χ2n) is 3.80. The zero-order valence-electron chi connectivity index (χ0n) is 10.9. The number of aromatic nitrogens is 2. The van der Waals surface area contributed by atoms with Gasteiger partial charge in [-0.15, -0.1) is 0 Å². The smallest absolute Gasteiger partial charge is 0.326 e. The quantitative estimate of drug-likeness (QED) is 0.675. The maximum absolute atomic E-state index is 11.7. The molecule has 108 valence electrons. The van der Waals surface area contributed by atoms with Crippen LogP contribution in [0.15, 0.2) is 18.6 Å². The Bertz CT molecular complexity index is 477. The van der Waals surface area contributed by atoms with Gasteiger partial charge in [0.05, 0.1) is 12.8 Å². The van der Waals surface area contributed by atoms with Gasteiger partial charge in [0, 0.05) is 18.8 Å². The zero-order valence-corrected chi connectivity index (χ0v) is 10.9. The van der Waals surface area contributed by atoms with E-state index >= 15 is 0 Å². The molecule has 0 saturated heterocycles. The third-order valence-corrected chi connectivity index (χ3v) is 2.34. The highest BCUT2D eigenvalue weighted by Gasteiger charge is 2.22. The second-order valence-corrected chi connectivity index (χ2v) is 3.80. The molecule has 0 aliphatic heterocycles. The van der Waals surface area contributed by atoms with E-state index in [0.717, 1.165) is 0 Å². The highest BCUT2D eigenvalue weighted by molar-refractivity contribution is 5.94. The number of ether oxygens (including phenoxy) is 1. The van der Waals surface area contributed by atoms with Crippen molar-refractivity contribution in [3.05, 3.63) is 24.3 Å². The topological polar surface area (TPSA) is 118 Å². The summed E-state index contributed by atoms with van der Waals surface area (Å²) in [5.74, 6) is -2.40. The summed E-state index contributed by atoms with van der Waals surface area (Å²) in [6.07, 6.45) is 3.79. The fraction of sp³-hybridized carbons (Fsp3) is 0.417. The molecule has 2 N–H and O–H groups in total. The molecule has 0 aromatic carbocycles. The first-order valence-corrected chi connectivity index (χ1v) is 6.00. The third-order valence-electron chi connectivity index (χ3n) is 2.34. The molecule has 0 spiro atoms. The minimum Gasteiger partial charge on any atom is -0.480 e. The number of hydrogen-bond donors (Lipinski definition) is 2. The molecular formula is C12H15N3O5. The summed E-state index contributed by atoms with van der Waals surface area (Å²) < 4.78 is 4.69. The second kappa shape index (κ2) is 7.82. The number of amides is 1. The largest absolute Gasteiger partial charge is 0.480 e. The molecule has 1 atom stereocenters. The van der Waals surface area contributed by atoms with Crippen molar-refractivity contribution in [2.24, 2.45) is 0 Å². The lowest BCUT2D eigenvalue weighted by molar-refractivity contribution is -0.144. The monoisotopic (exact) mass is 281 g/mol. The van der Waals surface area contributed by atoms with E-state index in [2.05, 4.69) is 15.3 Å². The standard InChI is InChI=1S/C12H15N3O5/c1-2-20-10(16)4-3-8(12(18)19)15-11(17)9-7-13-5-6-14-9/h5-8H,2-4H2,1H3,(H,15,17)(H,18,19)/t8-/m0/s1. The van der Waals surface area contributed by atoms with Gasteiger partial charge >= 0.3 is 11.9 Å². The van der Waals surface area contributed by atoms with Crippen molar-refractivity contribution in [2.45, 2.75) is 25.8 Å². The van der Waals surface area contributed by atoms with Crippen molar-refractivity contribution >= 4 is 17.8 Å². The molecule has 8 nitrogen and oxygen atoms in total. The molecule has 0 bridgehead atoms. The Morgan fingerprint density at radius 1 is 1.40 bits per heavy atom. The first-order valence-electron chi connectivity index (χ1n) is 6.00. The molecule has 8 heteroatoms. The van der Waals surface area contributed by atoms with Crippen LogP contribution < -0.4 is 5.32 Å². The van der Waals surface area contributed by atoms with Crippen LogP contribution >= 0.6 is 0 Å². The lowest BCUT2D eigenvalue weighted by Crippen LogP contribution is -2.41. The van der Waals surface area contributed by atoms with Gasteiger partial charge in [-0.25, -0.2) is 9.78 Å². The van der Waals surface area contributed by atoms with Gasteiger partial charge in [-0.2, -0.15) is 0 Å². The van der Waals surface area contributed by atoms with E-state index in [4.69, 9.17) is 9.84 Å². The summed E-state index contributed by atoms with van der Waals surface area (Å²) in [6.45, 7) is 1.88. The molecule has 0 aliphatic carbocycles. The van der Waals surface area contributed by atoms with Crippen LogP contribution in [0.3, 0.4) is 0 Å². The number of carbonyl (C=O) groups is 3. The van der Waals surface area contributed by atoms with Crippen molar-refractivity contribution in [1.82, 2.24) is 15.3 Å². The number of hydrogen-bond acceptors (Lipinski definition) is 6. The Balaban J connectivity index is 2.57. The van der Waals surface area contributed by atoms with Crippen molar-refractivity contribution in [1.29, 1.82) is 0 Å². The number of nitrogens with one attached hydrogen (secondary N) is 1. The SMILES string of the molecule is CCOC(=O)CC[C@H](NC(=O)c1cnccn1)C(=O)O. The molecule has 0 radical (unpaired) electrons. The number of esters is 1. The Hall–Kier alpha value is -2.51. The summed E-state index contributed by atoms with van der Waals surface area (Å²) in [4.78, 5) is 41.4. The van der Waals surface area contributed by atoms with Gasteiger partial charge in [0.1, 0.15) is 11.7 Å². The highest BCUT2D eigenvalue weighted by Crippen LogP contribution is 2.02. The molecule has 1 amide bonds. The van der Waals surface area contributed by atoms with E-state index in [0.29, 0.717) is 0 Å². The molecule has 1 aromatic heterocycles. The lowest BCUT2D eigenvalue weighted by Gasteiger charge is -2.13. The predicted molar refractivity (Wildman–Crippen MR) is 66.8 cm³/mol. The molecule has 0 aliphatic rings. The van der Waals surface area contributed by atoms with Gasteiger partial charge in [0.2, 0.25) is 0 Å². The van der Waals surface area contributed by atoms with Crippen molar-refractivity contribution in [3.63, 3.8) is 0 Å². The van der Waals surface area contributed by atoms with Crippen LogP contribution in [0.2, 0.25) is 0 Å². The molecule has 1 aromatic rings. The predicted octanol–water partition coefficient (Wildman–Crippen LogP) is 0.00290. The van der Waals surface area contributed by atoms with Crippen LogP contribution in [0.4, 0.5) is 0 Å². The number of aliphatic carboxylic acids is 1. The van der Waals surface area contributed by atoms with Crippen LogP contribution in [-0.4, -0.2) is 45.6 Å². The molecular weight excluding hydrogens is 266 g/mol.